The van der Waals surface area contributed by atoms with Crippen LogP contribution in [0, 0.1) is 0 Å². The van der Waals surface area contributed by atoms with Crippen LogP contribution in [-0.4, -0.2) is 40.2 Å². The van der Waals surface area contributed by atoms with Gasteiger partial charge in [0.05, 0.1) is 0 Å². The Bertz CT molecular complexity index is 809. The number of rotatable bonds is 7. The second kappa shape index (κ2) is 8.82. The van der Waals surface area contributed by atoms with Gasteiger partial charge >= 0.3 is 0 Å². The maximum absolute atomic E-state index is 4.64. The number of benzene rings is 1. The van der Waals surface area contributed by atoms with Crippen LogP contribution in [-0.2, 0) is 12.8 Å². The van der Waals surface area contributed by atoms with Crippen LogP contribution >= 0.6 is 0 Å². The van der Waals surface area contributed by atoms with Gasteiger partial charge in [-0.15, -0.1) is 10.2 Å². The van der Waals surface area contributed by atoms with Gasteiger partial charge in [-0.05, 0) is 31.0 Å². The Labute approximate surface area is 148 Å². The summed E-state index contributed by atoms with van der Waals surface area (Å²) in [7, 11) is 0. The number of fused-ring (bicyclic) bond motifs is 1. The minimum Gasteiger partial charge on any atom is -0.357 e. The molecule has 2 N–H and O–H groups in total. The molecule has 0 spiro atoms. The lowest BCUT2D eigenvalue weighted by molar-refractivity contribution is 0.785. The second-order valence-corrected chi connectivity index (χ2v) is 5.72. The van der Waals surface area contributed by atoms with Crippen molar-refractivity contribution >= 4 is 11.6 Å². The van der Waals surface area contributed by atoms with Crippen molar-refractivity contribution < 1.29 is 0 Å². The van der Waals surface area contributed by atoms with E-state index in [2.05, 4.69) is 57.0 Å². The highest BCUT2D eigenvalue weighted by Gasteiger charge is 2.04. The van der Waals surface area contributed by atoms with Gasteiger partial charge in [0, 0.05) is 32.3 Å². The zero-order valence-corrected chi connectivity index (χ0v) is 14.5. The molecule has 0 unspecified atom stereocenters. The molecule has 0 radical (unpaired) electrons. The Hall–Kier alpha value is -2.89. The Morgan fingerprint density at radius 3 is 2.68 bits per heavy atom. The van der Waals surface area contributed by atoms with Gasteiger partial charge in [-0.2, -0.15) is 0 Å². The summed E-state index contributed by atoms with van der Waals surface area (Å²) >= 11 is 0. The van der Waals surface area contributed by atoms with E-state index in [1.54, 1.807) is 0 Å². The molecule has 0 aliphatic rings. The van der Waals surface area contributed by atoms with E-state index >= 15 is 0 Å². The molecule has 130 valence electrons. The number of hydrogen-bond acceptors (Lipinski definition) is 3. The van der Waals surface area contributed by atoms with Crippen molar-refractivity contribution in [1.82, 2.24) is 25.2 Å². The predicted molar refractivity (Wildman–Crippen MR) is 101 cm³/mol. The summed E-state index contributed by atoms with van der Waals surface area (Å²) in [5, 5.41) is 15.1. The molecule has 1 aromatic carbocycles. The smallest absolute Gasteiger partial charge is 0.191 e. The summed E-state index contributed by atoms with van der Waals surface area (Å²) in [5.74, 6) is 1.77. The Kier molecular flexibility index (Phi) is 5.98. The zero-order chi connectivity index (χ0) is 17.3. The van der Waals surface area contributed by atoms with Gasteiger partial charge in [-0.1, -0.05) is 36.4 Å². The Morgan fingerprint density at radius 2 is 1.84 bits per heavy atom. The number of aliphatic imine (C=N–C) groups is 1. The minimum absolute atomic E-state index is 0.663. The number of nitrogens with zero attached hydrogens (tertiary/aromatic N) is 4. The molecule has 0 fully saturated rings. The monoisotopic (exact) mass is 336 g/mol. The summed E-state index contributed by atoms with van der Waals surface area (Å²) in [5.41, 5.74) is 2.19. The van der Waals surface area contributed by atoms with E-state index in [4.69, 9.17) is 0 Å². The van der Waals surface area contributed by atoms with Crippen molar-refractivity contribution in [3.8, 4) is 0 Å². The van der Waals surface area contributed by atoms with Gasteiger partial charge in [0.1, 0.15) is 5.82 Å². The molecule has 2 heterocycles. The van der Waals surface area contributed by atoms with Gasteiger partial charge in [-0.25, -0.2) is 0 Å². The minimum atomic E-state index is 0.663. The van der Waals surface area contributed by atoms with Gasteiger partial charge in [-0.3, -0.25) is 9.39 Å². The summed E-state index contributed by atoms with van der Waals surface area (Å²) < 4.78 is 2.01. The lowest BCUT2D eigenvalue weighted by Gasteiger charge is -2.11. The van der Waals surface area contributed by atoms with Crippen LogP contribution < -0.4 is 10.6 Å². The van der Waals surface area contributed by atoms with Crippen molar-refractivity contribution in [1.29, 1.82) is 0 Å². The number of guanidine groups is 1. The van der Waals surface area contributed by atoms with Crippen LogP contribution in [0.25, 0.3) is 5.65 Å². The first-order chi connectivity index (χ1) is 12.4. The van der Waals surface area contributed by atoms with Crippen LogP contribution in [0.1, 0.15) is 18.3 Å². The molecule has 0 saturated heterocycles. The van der Waals surface area contributed by atoms with E-state index in [1.165, 1.54) is 5.56 Å². The lowest BCUT2D eigenvalue weighted by Crippen LogP contribution is -2.38. The Balaban J connectivity index is 1.53. The molecule has 0 aliphatic heterocycles. The van der Waals surface area contributed by atoms with Crippen LogP contribution in [0.15, 0.2) is 59.7 Å². The normalized spacial score (nSPS) is 11.6. The maximum atomic E-state index is 4.64. The highest BCUT2D eigenvalue weighted by atomic mass is 15.2. The summed E-state index contributed by atoms with van der Waals surface area (Å²) in [6.45, 7) is 4.42. The Morgan fingerprint density at radius 1 is 1.00 bits per heavy atom. The molecular weight excluding hydrogens is 312 g/mol. The van der Waals surface area contributed by atoms with Gasteiger partial charge in [0.15, 0.2) is 11.6 Å². The molecule has 0 saturated carbocycles. The molecule has 6 heteroatoms. The molecule has 3 aromatic rings. The first-order valence-electron chi connectivity index (χ1n) is 8.71. The number of hydrogen-bond donors (Lipinski definition) is 2. The van der Waals surface area contributed by atoms with Crippen LogP contribution in [0.4, 0.5) is 0 Å². The maximum Gasteiger partial charge on any atom is 0.191 e. The zero-order valence-electron chi connectivity index (χ0n) is 14.5. The third-order valence-corrected chi connectivity index (χ3v) is 3.88. The largest absolute Gasteiger partial charge is 0.357 e. The molecule has 0 atom stereocenters. The van der Waals surface area contributed by atoms with E-state index in [-0.39, 0.29) is 0 Å². The molecular formula is C19H24N6. The van der Waals surface area contributed by atoms with Crippen molar-refractivity contribution in [2.45, 2.75) is 19.8 Å². The average Bonchev–Trinajstić information content (AvgIpc) is 3.06. The van der Waals surface area contributed by atoms with E-state index < -0.39 is 0 Å². The first kappa shape index (κ1) is 17.0. The van der Waals surface area contributed by atoms with Crippen LogP contribution in [0.2, 0.25) is 0 Å². The fourth-order valence-electron chi connectivity index (χ4n) is 2.64. The SMILES string of the molecule is CCNC(=NCCc1nnc2ccccn12)NCCc1ccccc1. The molecule has 25 heavy (non-hydrogen) atoms. The number of nitrogens with one attached hydrogen (secondary N) is 2. The number of pyridine rings is 1. The molecule has 0 aliphatic carbocycles. The fraction of sp³-hybridized carbons (Fsp3) is 0.316. The van der Waals surface area contributed by atoms with Crippen LogP contribution in [0.3, 0.4) is 0 Å². The van der Waals surface area contributed by atoms with Crippen LogP contribution in [0.5, 0.6) is 0 Å². The predicted octanol–water partition coefficient (Wildman–Crippen LogP) is 2.07. The molecule has 3 rings (SSSR count). The van der Waals surface area contributed by atoms with Gasteiger partial charge in [0.2, 0.25) is 0 Å². The average molecular weight is 336 g/mol. The highest BCUT2D eigenvalue weighted by Crippen LogP contribution is 2.03. The fourth-order valence-corrected chi connectivity index (χ4v) is 2.64. The third-order valence-electron chi connectivity index (χ3n) is 3.88. The highest BCUT2D eigenvalue weighted by molar-refractivity contribution is 5.79. The standard InChI is InChI=1S/C19H24N6/c1-2-20-19(21-13-11-16-8-4-3-5-9-16)22-14-12-18-24-23-17-10-6-7-15-25(17)18/h3-10,15H,2,11-14H2,1H3,(H2,20,21,22). The molecule has 2 aromatic heterocycles. The molecule has 6 nitrogen and oxygen atoms in total. The third kappa shape index (κ3) is 4.79. The van der Waals surface area contributed by atoms with E-state index in [0.29, 0.717) is 6.54 Å². The van der Waals surface area contributed by atoms with Gasteiger partial charge < -0.3 is 10.6 Å². The second-order valence-electron chi connectivity index (χ2n) is 5.72. The van der Waals surface area contributed by atoms with Gasteiger partial charge in [0.25, 0.3) is 0 Å². The van der Waals surface area contributed by atoms with Crippen molar-refractivity contribution in [3.05, 3.63) is 66.1 Å². The summed E-state index contributed by atoms with van der Waals surface area (Å²) in [6.07, 6.45) is 3.71. The number of aromatic nitrogens is 3. The van der Waals surface area contributed by atoms with Crippen molar-refractivity contribution in [2.75, 3.05) is 19.6 Å². The molecule has 0 amide bonds. The first-order valence-corrected chi connectivity index (χ1v) is 8.71. The summed E-state index contributed by atoms with van der Waals surface area (Å²) in [4.78, 5) is 4.64. The quantitative estimate of drug-likeness (QED) is 0.512. The topological polar surface area (TPSA) is 66.6 Å². The van der Waals surface area contributed by atoms with E-state index in [1.807, 2.05) is 34.9 Å². The van der Waals surface area contributed by atoms with E-state index in [9.17, 15) is 0 Å². The molecule has 0 bridgehead atoms. The van der Waals surface area contributed by atoms with Crippen molar-refractivity contribution in [3.63, 3.8) is 0 Å². The summed E-state index contributed by atoms with van der Waals surface area (Å²) in [6, 6.07) is 16.4. The van der Waals surface area contributed by atoms with Crippen molar-refractivity contribution in [2.24, 2.45) is 4.99 Å². The van der Waals surface area contributed by atoms with E-state index in [0.717, 1.165) is 43.4 Å². The lowest BCUT2D eigenvalue weighted by atomic mass is 10.1.